The highest BCUT2D eigenvalue weighted by Gasteiger charge is 2.30. The maximum Gasteiger partial charge on any atom is 0.252 e. The van der Waals surface area contributed by atoms with Gasteiger partial charge in [-0.15, -0.1) is 11.3 Å². The molecule has 0 spiro atoms. The molecule has 0 radical (unpaired) electrons. The second kappa shape index (κ2) is 7.37. The van der Waals surface area contributed by atoms with Crippen LogP contribution in [0.3, 0.4) is 0 Å². The normalized spacial score (nSPS) is 19.0. The molecular formula is C18H25N5O2S2. The summed E-state index contributed by atoms with van der Waals surface area (Å²) in [6.45, 7) is 8.16. The standard InChI is InChI=1S/C18H25N5O2S2/c1-14-13-16(20-18(19-14)22-7-3-4-8-22)21-9-11-23(12-10-21)27(24,25)17-6-5-15(2)26-17/h5-6,13H,3-4,7-12H2,1-2H3. The Morgan fingerprint density at radius 3 is 2.26 bits per heavy atom. The highest BCUT2D eigenvalue weighted by atomic mass is 32.2. The van der Waals surface area contributed by atoms with Crippen molar-refractivity contribution in [3.05, 3.63) is 28.8 Å². The van der Waals surface area contributed by atoms with Gasteiger partial charge < -0.3 is 9.80 Å². The van der Waals surface area contributed by atoms with Gasteiger partial charge in [0, 0.05) is 55.9 Å². The van der Waals surface area contributed by atoms with Crippen LogP contribution in [0.2, 0.25) is 0 Å². The van der Waals surface area contributed by atoms with Crippen molar-refractivity contribution in [3.8, 4) is 0 Å². The number of sulfonamides is 1. The topological polar surface area (TPSA) is 69.6 Å². The molecule has 7 nitrogen and oxygen atoms in total. The minimum Gasteiger partial charge on any atom is -0.354 e. The minimum atomic E-state index is -3.39. The molecule has 2 fully saturated rings. The molecule has 0 amide bonds. The molecule has 0 aliphatic carbocycles. The molecule has 0 aromatic carbocycles. The van der Waals surface area contributed by atoms with Gasteiger partial charge in [-0.05, 0) is 38.8 Å². The number of nitrogens with zero attached hydrogens (tertiary/aromatic N) is 5. The number of aryl methyl sites for hydroxylation is 2. The molecule has 27 heavy (non-hydrogen) atoms. The van der Waals surface area contributed by atoms with Crippen LogP contribution in [0.5, 0.6) is 0 Å². The van der Waals surface area contributed by atoms with Crippen LogP contribution in [0.1, 0.15) is 23.4 Å². The molecule has 2 aromatic rings. The van der Waals surface area contributed by atoms with Gasteiger partial charge in [-0.3, -0.25) is 0 Å². The van der Waals surface area contributed by atoms with Crippen LogP contribution >= 0.6 is 11.3 Å². The first-order valence-electron chi connectivity index (χ1n) is 9.36. The maximum absolute atomic E-state index is 12.8. The fourth-order valence-corrected chi connectivity index (χ4v) is 6.45. The van der Waals surface area contributed by atoms with Gasteiger partial charge in [0.1, 0.15) is 10.0 Å². The minimum absolute atomic E-state index is 0.433. The summed E-state index contributed by atoms with van der Waals surface area (Å²) in [4.78, 5) is 14.8. The Labute approximate surface area is 164 Å². The lowest BCUT2D eigenvalue weighted by molar-refractivity contribution is 0.384. The molecule has 2 saturated heterocycles. The second-order valence-corrected chi connectivity index (χ2v) is 10.6. The lowest BCUT2D eigenvalue weighted by Crippen LogP contribution is -2.48. The van der Waals surface area contributed by atoms with E-state index >= 15 is 0 Å². The van der Waals surface area contributed by atoms with E-state index in [9.17, 15) is 8.42 Å². The highest BCUT2D eigenvalue weighted by Crippen LogP contribution is 2.27. The van der Waals surface area contributed by atoms with Crippen molar-refractivity contribution in [3.63, 3.8) is 0 Å². The van der Waals surface area contributed by atoms with Crippen LogP contribution in [0.4, 0.5) is 11.8 Å². The molecule has 4 rings (SSSR count). The van der Waals surface area contributed by atoms with Crippen molar-refractivity contribution in [1.82, 2.24) is 14.3 Å². The molecule has 2 aliphatic rings. The zero-order chi connectivity index (χ0) is 19.0. The van der Waals surface area contributed by atoms with Crippen LogP contribution in [0.25, 0.3) is 0 Å². The Morgan fingerprint density at radius 1 is 0.926 bits per heavy atom. The summed E-state index contributed by atoms with van der Waals surface area (Å²) >= 11 is 1.33. The van der Waals surface area contributed by atoms with Crippen molar-refractivity contribution in [2.24, 2.45) is 0 Å². The van der Waals surface area contributed by atoms with Gasteiger partial charge in [-0.1, -0.05) is 0 Å². The van der Waals surface area contributed by atoms with Crippen molar-refractivity contribution in [2.75, 3.05) is 49.1 Å². The van der Waals surface area contributed by atoms with Crippen LogP contribution in [0, 0.1) is 13.8 Å². The van der Waals surface area contributed by atoms with E-state index in [1.807, 2.05) is 26.0 Å². The zero-order valence-electron chi connectivity index (χ0n) is 15.8. The van der Waals surface area contributed by atoms with Gasteiger partial charge in [0.2, 0.25) is 5.95 Å². The number of piperazine rings is 1. The average molecular weight is 408 g/mol. The molecule has 9 heteroatoms. The number of rotatable bonds is 4. The zero-order valence-corrected chi connectivity index (χ0v) is 17.4. The van der Waals surface area contributed by atoms with E-state index in [0.717, 1.165) is 35.4 Å². The molecule has 4 heterocycles. The summed E-state index contributed by atoms with van der Waals surface area (Å²) in [6, 6.07) is 5.56. The Kier molecular flexibility index (Phi) is 5.09. The lowest BCUT2D eigenvalue weighted by Gasteiger charge is -2.34. The molecule has 2 aliphatic heterocycles. The SMILES string of the molecule is Cc1cc(N2CCN(S(=O)(=O)c3ccc(C)s3)CC2)nc(N2CCCC2)n1. The van der Waals surface area contributed by atoms with Crippen LogP contribution in [-0.2, 0) is 10.0 Å². The summed E-state index contributed by atoms with van der Waals surface area (Å²) in [5.74, 6) is 1.69. The third-order valence-corrected chi connectivity index (χ3v) is 8.46. The van der Waals surface area contributed by atoms with E-state index in [0.29, 0.717) is 30.4 Å². The van der Waals surface area contributed by atoms with Gasteiger partial charge in [-0.2, -0.15) is 9.29 Å². The Balaban J connectivity index is 1.48. The summed E-state index contributed by atoms with van der Waals surface area (Å²) in [5, 5.41) is 0. The Bertz CT molecular complexity index is 914. The van der Waals surface area contributed by atoms with Gasteiger partial charge in [0.25, 0.3) is 10.0 Å². The molecule has 0 bridgehead atoms. The molecular weight excluding hydrogens is 382 g/mol. The van der Waals surface area contributed by atoms with Gasteiger partial charge in [-0.25, -0.2) is 13.4 Å². The van der Waals surface area contributed by atoms with Crippen molar-refractivity contribution in [1.29, 1.82) is 0 Å². The van der Waals surface area contributed by atoms with Gasteiger partial charge in [0.05, 0.1) is 0 Å². The summed E-state index contributed by atoms with van der Waals surface area (Å²) < 4.78 is 27.6. The monoisotopic (exact) mass is 407 g/mol. The smallest absolute Gasteiger partial charge is 0.252 e. The van der Waals surface area contributed by atoms with E-state index in [2.05, 4.69) is 14.8 Å². The fourth-order valence-electron chi connectivity index (χ4n) is 3.59. The van der Waals surface area contributed by atoms with Crippen LogP contribution < -0.4 is 9.80 Å². The molecule has 0 saturated carbocycles. The van der Waals surface area contributed by atoms with Crippen LogP contribution in [-0.4, -0.2) is 62.0 Å². The maximum atomic E-state index is 12.8. The van der Waals surface area contributed by atoms with E-state index in [4.69, 9.17) is 4.98 Å². The summed E-state index contributed by atoms with van der Waals surface area (Å²) in [7, 11) is -3.39. The Morgan fingerprint density at radius 2 is 1.63 bits per heavy atom. The third-order valence-electron chi connectivity index (χ3n) is 5.09. The second-order valence-electron chi connectivity index (χ2n) is 7.12. The largest absolute Gasteiger partial charge is 0.354 e. The number of hydrogen-bond acceptors (Lipinski definition) is 7. The predicted octanol–water partition coefficient (Wildman–Crippen LogP) is 2.27. The lowest BCUT2D eigenvalue weighted by atomic mass is 10.3. The first kappa shape index (κ1) is 18.6. The molecule has 0 N–H and O–H groups in total. The first-order chi connectivity index (χ1) is 12.9. The quantitative estimate of drug-likeness (QED) is 0.774. The number of thiophene rings is 1. The number of hydrogen-bond donors (Lipinski definition) is 0. The molecule has 0 unspecified atom stereocenters. The summed E-state index contributed by atoms with van der Waals surface area (Å²) in [5.41, 5.74) is 0.950. The molecule has 2 aromatic heterocycles. The van der Waals surface area contributed by atoms with E-state index < -0.39 is 10.0 Å². The summed E-state index contributed by atoms with van der Waals surface area (Å²) in [6.07, 6.45) is 2.37. The van der Waals surface area contributed by atoms with Gasteiger partial charge >= 0.3 is 0 Å². The van der Waals surface area contributed by atoms with Crippen molar-refractivity contribution < 1.29 is 8.42 Å². The highest BCUT2D eigenvalue weighted by molar-refractivity contribution is 7.91. The Hall–Kier alpha value is -1.71. The van der Waals surface area contributed by atoms with Crippen molar-refractivity contribution in [2.45, 2.75) is 30.9 Å². The average Bonchev–Trinajstić information content (AvgIpc) is 3.33. The fraction of sp³-hybridized carbons (Fsp3) is 0.556. The van der Waals surface area contributed by atoms with Gasteiger partial charge in [0.15, 0.2) is 0 Å². The van der Waals surface area contributed by atoms with E-state index in [-0.39, 0.29) is 0 Å². The first-order valence-corrected chi connectivity index (χ1v) is 11.6. The van der Waals surface area contributed by atoms with Crippen LogP contribution in [0.15, 0.2) is 22.4 Å². The molecule has 146 valence electrons. The third kappa shape index (κ3) is 3.81. The number of anilines is 2. The van der Waals surface area contributed by atoms with Crippen molar-refractivity contribution >= 4 is 33.1 Å². The van der Waals surface area contributed by atoms with E-state index in [1.165, 1.54) is 24.2 Å². The predicted molar refractivity (Wildman–Crippen MR) is 108 cm³/mol. The number of aromatic nitrogens is 2. The van der Waals surface area contributed by atoms with E-state index in [1.54, 1.807) is 10.4 Å². The molecule has 0 atom stereocenters.